The maximum absolute atomic E-state index is 11.7. The summed E-state index contributed by atoms with van der Waals surface area (Å²) < 4.78 is 11.7. The molecular formula is C11H13NO4S. The zero-order valence-corrected chi connectivity index (χ0v) is 10.1. The molecule has 0 saturated carbocycles. The van der Waals surface area contributed by atoms with Crippen molar-refractivity contribution < 1.29 is 18.9 Å². The first-order chi connectivity index (χ1) is 8.04. The molecular weight excluding hydrogens is 242 g/mol. The molecule has 1 aromatic carbocycles. The lowest BCUT2D eigenvalue weighted by molar-refractivity contribution is -0.118. The van der Waals surface area contributed by atoms with E-state index in [1.54, 1.807) is 6.92 Å². The molecule has 0 heterocycles. The van der Waals surface area contributed by atoms with Gasteiger partial charge in [-0.25, -0.2) is 4.79 Å². The van der Waals surface area contributed by atoms with Crippen LogP contribution in [0, 0.1) is 0 Å². The van der Waals surface area contributed by atoms with E-state index in [-0.39, 0.29) is 17.2 Å². The van der Waals surface area contributed by atoms with Crippen molar-refractivity contribution in [1.82, 2.24) is 5.32 Å². The van der Waals surface area contributed by atoms with E-state index in [0.29, 0.717) is 11.4 Å². The molecule has 5 nitrogen and oxygen atoms in total. The second kappa shape index (κ2) is 6.15. The molecule has 17 heavy (non-hydrogen) atoms. The van der Waals surface area contributed by atoms with Gasteiger partial charge in [-0.1, -0.05) is 0 Å². The van der Waals surface area contributed by atoms with Crippen LogP contribution in [0.4, 0.5) is 0 Å². The van der Waals surface area contributed by atoms with Crippen LogP contribution in [-0.4, -0.2) is 33.5 Å². The molecule has 0 aliphatic heterocycles. The van der Waals surface area contributed by atoms with Crippen LogP contribution in [-0.2, 0) is 15.6 Å². The summed E-state index contributed by atoms with van der Waals surface area (Å²) in [5.74, 6) is -1.43. The Bertz CT molecular complexity index is 441. The van der Waals surface area contributed by atoms with Gasteiger partial charge in [-0.2, -0.15) is 0 Å². The zero-order chi connectivity index (χ0) is 12.8. The van der Waals surface area contributed by atoms with Crippen LogP contribution in [0.3, 0.4) is 0 Å². The zero-order valence-electron chi connectivity index (χ0n) is 9.30. The van der Waals surface area contributed by atoms with E-state index in [1.165, 1.54) is 24.3 Å². The minimum atomic E-state index is -1.44. The highest BCUT2D eigenvalue weighted by Crippen LogP contribution is 2.09. The maximum atomic E-state index is 11.7. The Morgan fingerprint density at radius 1 is 1.29 bits per heavy atom. The summed E-state index contributed by atoms with van der Waals surface area (Å²) >= 11 is 0. The lowest BCUT2D eigenvalue weighted by Crippen LogP contribution is -2.27. The number of carbonyl (C=O) groups is 2. The Labute approximate surface area is 101 Å². The Morgan fingerprint density at radius 3 is 2.35 bits per heavy atom. The van der Waals surface area contributed by atoms with Gasteiger partial charge in [-0.3, -0.25) is 9.00 Å². The van der Waals surface area contributed by atoms with Gasteiger partial charge >= 0.3 is 5.97 Å². The number of benzene rings is 1. The topological polar surface area (TPSA) is 83.5 Å². The molecule has 0 saturated heterocycles. The molecule has 0 fully saturated rings. The first-order valence-corrected chi connectivity index (χ1v) is 6.35. The van der Waals surface area contributed by atoms with Crippen molar-refractivity contribution in [1.29, 1.82) is 0 Å². The van der Waals surface area contributed by atoms with Gasteiger partial charge in [-0.15, -0.1) is 0 Å². The van der Waals surface area contributed by atoms with Gasteiger partial charge in [0.1, 0.15) is 5.75 Å². The van der Waals surface area contributed by atoms with Gasteiger partial charge in [0.05, 0.1) is 16.4 Å². The number of amides is 1. The van der Waals surface area contributed by atoms with E-state index in [9.17, 15) is 13.8 Å². The average Bonchev–Trinajstić information content (AvgIpc) is 2.29. The summed E-state index contributed by atoms with van der Waals surface area (Å²) in [5, 5.41) is 11.2. The number of nitrogens with one attached hydrogen (secondary N) is 1. The second-order valence-electron chi connectivity index (χ2n) is 3.27. The molecule has 0 aliphatic carbocycles. The molecule has 1 amide bonds. The molecule has 1 atom stereocenters. The molecule has 2 N–H and O–H groups in total. The van der Waals surface area contributed by atoms with Gasteiger partial charge in [0, 0.05) is 11.4 Å². The minimum Gasteiger partial charge on any atom is -0.478 e. The summed E-state index contributed by atoms with van der Waals surface area (Å²) in [6.45, 7) is 2.27. The molecule has 6 heteroatoms. The fourth-order valence-corrected chi connectivity index (χ4v) is 2.15. The number of hydrogen-bond donors (Lipinski definition) is 2. The summed E-state index contributed by atoms with van der Waals surface area (Å²) in [5.41, 5.74) is 0.128. The molecule has 0 bridgehead atoms. The molecule has 1 rings (SSSR count). The Kier molecular flexibility index (Phi) is 4.84. The van der Waals surface area contributed by atoms with Crippen molar-refractivity contribution >= 4 is 22.7 Å². The highest BCUT2D eigenvalue weighted by Gasteiger charge is 2.10. The standard InChI is InChI=1S/C11H13NO4S/c1-2-12-10(13)7-17(16)9-5-3-8(4-6-9)11(14)15/h3-6H,2,7H2,1H3,(H,12,13)(H,14,15). The molecule has 0 aliphatic rings. The number of rotatable bonds is 5. The van der Waals surface area contributed by atoms with Crippen LogP contribution in [0.1, 0.15) is 17.3 Å². The van der Waals surface area contributed by atoms with Crippen molar-refractivity contribution in [2.45, 2.75) is 11.8 Å². The van der Waals surface area contributed by atoms with E-state index in [1.807, 2.05) is 0 Å². The third kappa shape index (κ3) is 3.99. The molecule has 1 aromatic rings. The Hall–Kier alpha value is -1.69. The minimum absolute atomic E-state index is 0.111. The fourth-order valence-electron chi connectivity index (χ4n) is 1.20. The summed E-state index contributed by atoms with van der Waals surface area (Å²) in [4.78, 5) is 22.3. The molecule has 0 spiro atoms. The van der Waals surface area contributed by atoms with Crippen LogP contribution >= 0.6 is 0 Å². The predicted molar refractivity (Wildman–Crippen MR) is 63.4 cm³/mol. The van der Waals surface area contributed by atoms with Crippen molar-refractivity contribution in [2.24, 2.45) is 0 Å². The van der Waals surface area contributed by atoms with Crippen LogP contribution in [0.15, 0.2) is 29.2 Å². The van der Waals surface area contributed by atoms with Gasteiger partial charge < -0.3 is 10.4 Å². The van der Waals surface area contributed by atoms with Crippen molar-refractivity contribution in [3.05, 3.63) is 29.8 Å². The lowest BCUT2D eigenvalue weighted by atomic mass is 10.2. The molecule has 0 aromatic heterocycles. The van der Waals surface area contributed by atoms with E-state index in [2.05, 4.69) is 5.32 Å². The SMILES string of the molecule is CCNC(=O)CS(=O)c1ccc(C(=O)O)cc1. The van der Waals surface area contributed by atoms with Gasteiger partial charge in [-0.05, 0) is 31.2 Å². The van der Waals surface area contributed by atoms with Crippen LogP contribution in [0.5, 0.6) is 0 Å². The number of carbonyl (C=O) groups excluding carboxylic acids is 1. The summed E-state index contributed by atoms with van der Waals surface area (Å²) in [7, 11) is -1.44. The number of aromatic carboxylic acids is 1. The van der Waals surface area contributed by atoms with E-state index in [4.69, 9.17) is 5.11 Å². The van der Waals surface area contributed by atoms with Gasteiger partial charge in [0.15, 0.2) is 0 Å². The highest BCUT2D eigenvalue weighted by molar-refractivity contribution is 7.85. The Balaban J connectivity index is 2.70. The first-order valence-electron chi connectivity index (χ1n) is 5.03. The third-order valence-electron chi connectivity index (χ3n) is 2.00. The van der Waals surface area contributed by atoms with Crippen LogP contribution in [0.2, 0.25) is 0 Å². The second-order valence-corrected chi connectivity index (χ2v) is 4.72. The summed E-state index contributed by atoms with van der Waals surface area (Å²) in [6, 6.07) is 5.65. The van der Waals surface area contributed by atoms with Crippen LogP contribution < -0.4 is 5.32 Å². The number of carboxylic acid groups (broad SMARTS) is 1. The van der Waals surface area contributed by atoms with Crippen molar-refractivity contribution in [3.63, 3.8) is 0 Å². The third-order valence-corrected chi connectivity index (χ3v) is 3.32. The Morgan fingerprint density at radius 2 is 1.88 bits per heavy atom. The smallest absolute Gasteiger partial charge is 0.335 e. The normalized spacial score (nSPS) is 11.8. The van der Waals surface area contributed by atoms with Gasteiger partial charge in [0.25, 0.3) is 0 Å². The van der Waals surface area contributed by atoms with Crippen molar-refractivity contribution in [3.8, 4) is 0 Å². The fraction of sp³-hybridized carbons (Fsp3) is 0.273. The van der Waals surface area contributed by atoms with Gasteiger partial charge in [0.2, 0.25) is 5.91 Å². The highest BCUT2D eigenvalue weighted by atomic mass is 32.2. The van der Waals surface area contributed by atoms with E-state index >= 15 is 0 Å². The predicted octanol–water partition coefficient (Wildman–Crippen LogP) is 0.628. The number of hydrogen-bond acceptors (Lipinski definition) is 3. The number of carboxylic acids is 1. The van der Waals surface area contributed by atoms with Crippen molar-refractivity contribution in [2.75, 3.05) is 12.3 Å². The monoisotopic (exact) mass is 255 g/mol. The quantitative estimate of drug-likeness (QED) is 0.808. The van der Waals surface area contributed by atoms with Crippen LogP contribution in [0.25, 0.3) is 0 Å². The van der Waals surface area contributed by atoms with E-state index < -0.39 is 16.8 Å². The maximum Gasteiger partial charge on any atom is 0.335 e. The first kappa shape index (κ1) is 13.4. The lowest BCUT2D eigenvalue weighted by Gasteiger charge is -2.03. The molecule has 0 radical (unpaired) electrons. The average molecular weight is 255 g/mol. The largest absolute Gasteiger partial charge is 0.478 e. The van der Waals surface area contributed by atoms with E-state index in [0.717, 1.165) is 0 Å². The molecule has 92 valence electrons. The molecule has 1 unspecified atom stereocenters. The summed E-state index contributed by atoms with van der Waals surface area (Å²) in [6.07, 6.45) is 0.